The van der Waals surface area contributed by atoms with E-state index in [0.717, 1.165) is 71.1 Å². The molecule has 46 heavy (non-hydrogen) atoms. The topological polar surface area (TPSA) is 42.9 Å². The Morgan fingerprint density at radius 2 is 0.891 bits per heavy atom. The lowest BCUT2D eigenvalue weighted by molar-refractivity contribution is 0.592. The van der Waals surface area contributed by atoms with Crippen molar-refractivity contribution in [1.82, 2.24) is 9.97 Å². The number of rotatable bonds is 6. The number of pyridine rings is 2. The van der Waals surface area contributed by atoms with Crippen LogP contribution >= 0.6 is 7.14 Å². The van der Waals surface area contributed by atoms with Crippen LogP contribution in [0.3, 0.4) is 0 Å². The Bertz CT molecular complexity index is 2270. The first-order chi connectivity index (χ1) is 22.7. The highest BCUT2D eigenvalue weighted by Gasteiger charge is 2.30. The third-order valence-corrected chi connectivity index (χ3v) is 11.7. The highest BCUT2D eigenvalue weighted by Crippen LogP contribution is 2.46. The van der Waals surface area contributed by atoms with E-state index >= 15 is 4.57 Å². The minimum Gasteiger partial charge on any atom is -0.309 e. The van der Waals surface area contributed by atoms with Crippen LogP contribution in [0.25, 0.3) is 55.2 Å². The van der Waals surface area contributed by atoms with Crippen molar-refractivity contribution in [3.8, 4) is 33.6 Å². The third-order valence-electron chi connectivity index (χ3n) is 8.65. The molecule has 0 saturated carbocycles. The van der Waals surface area contributed by atoms with E-state index in [2.05, 4.69) is 71.7 Å². The van der Waals surface area contributed by atoms with Gasteiger partial charge in [0, 0.05) is 33.9 Å². The van der Waals surface area contributed by atoms with Crippen LogP contribution in [0.4, 0.5) is 0 Å². The quantitative estimate of drug-likeness (QED) is 0.140. The number of nitrogens with zero attached hydrogens (tertiary/aromatic N) is 2. The maximum Gasteiger partial charge on any atom is 0.171 e. The highest BCUT2D eigenvalue weighted by molar-refractivity contribution is 7.85. The van der Waals surface area contributed by atoms with Gasteiger partial charge >= 0.3 is 0 Å². The standard InChI is InChI=1S/C42H29N2OP/c45-46(32-15-3-1-4-16-32,33-17-5-2-6-18-33)34-19-13-14-30(28-34)41-35-20-7-9-22-37(35)42(38-23-10-8-21-36(38)41)31-25-26-40(44-29-31)39-24-11-12-27-43-39/h1-29H. The molecular weight excluding hydrogens is 579 g/mol. The van der Waals surface area contributed by atoms with Crippen LogP contribution in [0.2, 0.25) is 0 Å². The third kappa shape index (κ3) is 4.74. The summed E-state index contributed by atoms with van der Waals surface area (Å²) in [5.74, 6) is 0. The van der Waals surface area contributed by atoms with Crippen molar-refractivity contribution in [1.29, 1.82) is 0 Å². The van der Waals surface area contributed by atoms with E-state index in [1.807, 2.05) is 103 Å². The number of fused-ring (bicyclic) bond motifs is 2. The Labute approximate surface area is 268 Å². The van der Waals surface area contributed by atoms with Crippen LogP contribution in [-0.4, -0.2) is 9.97 Å². The molecule has 8 aromatic rings. The van der Waals surface area contributed by atoms with Crippen LogP contribution in [0, 0.1) is 0 Å². The molecule has 218 valence electrons. The van der Waals surface area contributed by atoms with Gasteiger partial charge in [0.15, 0.2) is 7.14 Å². The van der Waals surface area contributed by atoms with Crippen molar-refractivity contribution in [2.24, 2.45) is 0 Å². The van der Waals surface area contributed by atoms with Gasteiger partial charge in [0.25, 0.3) is 0 Å². The van der Waals surface area contributed by atoms with Gasteiger partial charge in [-0.1, -0.05) is 140 Å². The second-order valence-electron chi connectivity index (χ2n) is 11.3. The van der Waals surface area contributed by atoms with E-state index in [1.54, 1.807) is 6.20 Å². The summed E-state index contributed by atoms with van der Waals surface area (Å²) in [6.45, 7) is 0. The fraction of sp³-hybridized carbons (Fsp3) is 0. The summed E-state index contributed by atoms with van der Waals surface area (Å²) in [6.07, 6.45) is 3.74. The van der Waals surface area contributed by atoms with Gasteiger partial charge < -0.3 is 4.57 Å². The normalized spacial score (nSPS) is 11.6. The van der Waals surface area contributed by atoms with E-state index in [0.29, 0.717) is 0 Å². The fourth-order valence-electron chi connectivity index (χ4n) is 6.54. The summed E-state index contributed by atoms with van der Waals surface area (Å²) in [6, 6.07) is 55.2. The molecule has 0 unspecified atom stereocenters. The van der Waals surface area contributed by atoms with Gasteiger partial charge in [-0.25, -0.2) is 0 Å². The minimum absolute atomic E-state index is 0.814. The van der Waals surface area contributed by atoms with Crippen molar-refractivity contribution in [2.75, 3.05) is 0 Å². The van der Waals surface area contributed by atoms with Gasteiger partial charge in [0.1, 0.15) is 0 Å². The maximum atomic E-state index is 15.3. The zero-order valence-corrected chi connectivity index (χ0v) is 25.9. The summed E-state index contributed by atoms with van der Waals surface area (Å²) in [7, 11) is -3.15. The Balaban J connectivity index is 1.35. The zero-order valence-electron chi connectivity index (χ0n) is 25.0. The average Bonchev–Trinajstić information content (AvgIpc) is 3.14. The molecule has 0 saturated heterocycles. The lowest BCUT2D eigenvalue weighted by atomic mass is 9.86. The van der Waals surface area contributed by atoms with Crippen LogP contribution < -0.4 is 15.9 Å². The molecule has 0 atom stereocenters. The summed E-state index contributed by atoms with van der Waals surface area (Å²) >= 11 is 0. The Hall–Kier alpha value is -5.63. The van der Waals surface area contributed by atoms with Crippen LogP contribution in [0.15, 0.2) is 176 Å². The number of hydrogen-bond acceptors (Lipinski definition) is 3. The average molecular weight is 609 g/mol. The predicted octanol–water partition coefficient (Wildman–Crippen LogP) is 9.42. The van der Waals surface area contributed by atoms with Crippen molar-refractivity contribution in [3.05, 3.63) is 176 Å². The number of aromatic nitrogens is 2. The van der Waals surface area contributed by atoms with Gasteiger partial charge in [-0.05, 0) is 62.5 Å². The van der Waals surface area contributed by atoms with Gasteiger partial charge in [0.2, 0.25) is 0 Å². The molecule has 4 heteroatoms. The smallest absolute Gasteiger partial charge is 0.171 e. The van der Waals surface area contributed by atoms with E-state index in [4.69, 9.17) is 4.98 Å². The summed E-state index contributed by atoms with van der Waals surface area (Å²) in [5, 5.41) is 7.02. The molecule has 0 N–H and O–H groups in total. The van der Waals surface area contributed by atoms with E-state index in [-0.39, 0.29) is 0 Å². The molecule has 2 aromatic heterocycles. The Morgan fingerprint density at radius 1 is 0.391 bits per heavy atom. The number of hydrogen-bond donors (Lipinski definition) is 0. The molecule has 0 aliphatic rings. The molecule has 0 radical (unpaired) electrons. The predicted molar refractivity (Wildman–Crippen MR) is 193 cm³/mol. The SMILES string of the molecule is O=P(c1ccccc1)(c1ccccc1)c1cccc(-c2c3ccccc3c(-c3ccc(-c4ccccn4)nc3)c3ccccc23)c1. The van der Waals surface area contributed by atoms with Crippen LogP contribution in [0.1, 0.15) is 0 Å². The summed E-state index contributed by atoms with van der Waals surface area (Å²) in [5.41, 5.74) is 6.04. The fourth-order valence-corrected chi connectivity index (χ4v) is 9.23. The molecule has 0 fully saturated rings. The first-order valence-corrected chi connectivity index (χ1v) is 17.1. The largest absolute Gasteiger partial charge is 0.309 e. The molecule has 3 nitrogen and oxygen atoms in total. The lowest BCUT2D eigenvalue weighted by Crippen LogP contribution is -2.25. The maximum absolute atomic E-state index is 15.3. The van der Waals surface area contributed by atoms with Gasteiger partial charge in [-0.2, -0.15) is 0 Å². The van der Waals surface area contributed by atoms with E-state index in [1.165, 1.54) is 0 Å². The van der Waals surface area contributed by atoms with Crippen molar-refractivity contribution in [2.45, 2.75) is 0 Å². The summed E-state index contributed by atoms with van der Waals surface area (Å²) in [4.78, 5) is 9.30. The van der Waals surface area contributed by atoms with Crippen molar-refractivity contribution < 1.29 is 4.57 Å². The second kappa shape index (κ2) is 11.7. The monoisotopic (exact) mass is 608 g/mol. The van der Waals surface area contributed by atoms with Gasteiger partial charge in [-0.15, -0.1) is 0 Å². The molecule has 6 aromatic carbocycles. The molecule has 8 rings (SSSR count). The molecule has 0 bridgehead atoms. The molecule has 0 spiro atoms. The highest BCUT2D eigenvalue weighted by atomic mass is 31.2. The minimum atomic E-state index is -3.15. The second-order valence-corrected chi connectivity index (χ2v) is 14.1. The van der Waals surface area contributed by atoms with Gasteiger partial charge in [-0.3, -0.25) is 9.97 Å². The molecule has 0 aliphatic heterocycles. The first kappa shape index (κ1) is 27.9. The molecule has 2 heterocycles. The van der Waals surface area contributed by atoms with Crippen molar-refractivity contribution >= 4 is 44.6 Å². The molecule has 0 amide bonds. The van der Waals surface area contributed by atoms with Gasteiger partial charge in [0.05, 0.1) is 11.4 Å². The lowest BCUT2D eigenvalue weighted by Gasteiger charge is -2.22. The van der Waals surface area contributed by atoms with Crippen molar-refractivity contribution in [3.63, 3.8) is 0 Å². The van der Waals surface area contributed by atoms with Crippen LogP contribution in [-0.2, 0) is 4.57 Å². The molecule has 0 aliphatic carbocycles. The Kier molecular flexibility index (Phi) is 7.10. The Morgan fingerprint density at radius 3 is 1.41 bits per heavy atom. The summed E-state index contributed by atoms with van der Waals surface area (Å²) < 4.78 is 15.3. The van der Waals surface area contributed by atoms with Crippen LogP contribution in [0.5, 0.6) is 0 Å². The van der Waals surface area contributed by atoms with E-state index < -0.39 is 7.14 Å². The number of benzene rings is 6. The molecular formula is C42H29N2OP. The first-order valence-electron chi connectivity index (χ1n) is 15.4. The zero-order chi connectivity index (χ0) is 30.9. The van der Waals surface area contributed by atoms with E-state index in [9.17, 15) is 0 Å².